The molecule has 0 atom stereocenters. The Labute approximate surface area is 128 Å². The Morgan fingerprint density at radius 1 is 1.38 bits per heavy atom. The van der Waals surface area contributed by atoms with Crippen molar-refractivity contribution in [3.63, 3.8) is 0 Å². The zero-order chi connectivity index (χ0) is 15.1. The van der Waals surface area contributed by atoms with E-state index < -0.39 is 0 Å². The summed E-state index contributed by atoms with van der Waals surface area (Å²) in [6.07, 6.45) is 5.16. The molecule has 21 heavy (non-hydrogen) atoms. The Kier molecular flexibility index (Phi) is 6.10. The van der Waals surface area contributed by atoms with Gasteiger partial charge in [0.05, 0.1) is 13.7 Å². The van der Waals surface area contributed by atoms with Crippen LogP contribution >= 0.6 is 0 Å². The third kappa shape index (κ3) is 4.77. The lowest BCUT2D eigenvalue weighted by Crippen LogP contribution is -2.26. The molecule has 2 N–H and O–H groups in total. The lowest BCUT2D eigenvalue weighted by Gasteiger charge is -2.23. The Balaban J connectivity index is 2.14. The lowest BCUT2D eigenvalue weighted by atomic mass is 10.1. The van der Waals surface area contributed by atoms with Crippen molar-refractivity contribution in [1.29, 1.82) is 0 Å². The van der Waals surface area contributed by atoms with Gasteiger partial charge >= 0.3 is 0 Å². The Morgan fingerprint density at radius 2 is 2.19 bits per heavy atom. The van der Waals surface area contributed by atoms with Crippen molar-refractivity contribution in [2.75, 3.05) is 20.2 Å². The topological polar surface area (TPSA) is 38.5 Å². The van der Waals surface area contributed by atoms with E-state index in [1.54, 1.807) is 7.11 Å². The van der Waals surface area contributed by atoms with E-state index in [2.05, 4.69) is 29.7 Å². The average Bonchev–Trinajstić information content (AvgIpc) is 3.34. The summed E-state index contributed by atoms with van der Waals surface area (Å²) in [5.74, 6) is 6.98. The molecular weight excluding hydrogens is 260 g/mol. The minimum Gasteiger partial charge on any atom is -0.496 e. The van der Waals surface area contributed by atoms with Crippen LogP contribution in [-0.2, 0) is 6.54 Å². The number of nitrogens with two attached hydrogens (primary N) is 1. The van der Waals surface area contributed by atoms with Crippen molar-refractivity contribution in [3.8, 4) is 17.6 Å². The number of unbranched alkanes of at least 4 members (excludes halogenated alkanes) is 1. The summed E-state index contributed by atoms with van der Waals surface area (Å²) < 4.78 is 5.51. The van der Waals surface area contributed by atoms with Crippen LogP contribution in [0.4, 0.5) is 0 Å². The maximum Gasteiger partial charge on any atom is 0.123 e. The molecule has 114 valence electrons. The average molecular weight is 286 g/mol. The van der Waals surface area contributed by atoms with Crippen molar-refractivity contribution in [2.45, 2.75) is 45.2 Å². The number of rotatable bonds is 7. The number of methoxy groups -OCH3 is 1. The summed E-state index contributed by atoms with van der Waals surface area (Å²) in [6, 6.07) is 6.92. The molecule has 0 aromatic heterocycles. The van der Waals surface area contributed by atoms with Gasteiger partial charge < -0.3 is 10.5 Å². The fourth-order valence-corrected chi connectivity index (χ4v) is 2.54. The Morgan fingerprint density at radius 3 is 2.81 bits per heavy atom. The standard InChI is InChI=1S/C18H26N2O/c1-3-4-12-20(17-8-9-17)14-16-13-15(6-5-11-19)7-10-18(16)21-2/h7,10,13,17H,3-4,8-9,11-12,14,19H2,1-2H3. The van der Waals surface area contributed by atoms with Crippen LogP contribution < -0.4 is 10.5 Å². The monoisotopic (exact) mass is 286 g/mol. The van der Waals surface area contributed by atoms with Crippen molar-refractivity contribution < 1.29 is 4.74 Å². The van der Waals surface area contributed by atoms with E-state index in [9.17, 15) is 0 Å². The highest BCUT2D eigenvalue weighted by Crippen LogP contribution is 2.30. The van der Waals surface area contributed by atoms with Gasteiger partial charge in [-0.2, -0.15) is 0 Å². The predicted molar refractivity (Wildman–Crippen MR) is 87.3 cm³/mol. The molecule has 3 heteroatoms. The van der Waals surface area contributed by atoms with Gasteiger partial charge in [-0.05, 0) is 44.0 Å². The zero-order valence-corrected chi connectivity index (χ0v) is 13.2. The number of hydrogen-bond acceptors (Lipinski definition) is 3. The van der Waals surface area contributed by atoms with Crippen molar-refractivity contribution in [2.24, 2.45) is 5.73 Å². The third-order valence-electron chi connectivity index (χ3n) is 3.85. The Hall–Kier alpha value is -1.50. The summed E-state index contributed by atoms with van der Waals surface area (Å²) in [5.41, 5.74) is 7.69. The summed E-state index contributed by atoms with van der Waals surface area (Å²) in [4.78, 5) is 2.58. The molecule has 1 aromatic carbocycles. The molecule has 0 amide bonds. The van der Waals surface area contributed by atoms with Crippen LogP contribution in [0, 0.1) is 11.8 Å². The maximum atomic E-state index is 5.51. The molecule has 0 unspecified atom stereocenters. The van der Waals surface area contributed by atoms with Crippen LogP contribution in [0.15, 0.2) is 18.2 Å². The maximum absolute atomic E-state index is 5.51. The number of nitrogens with zero attached hydrogens (tertiary/aromatic N) is 1. The number of ether oxygens (including phenoxy) is 1. The molecular formula is C18H26N2O. The normalized spacial score (nSPS) is 13.9. The van der Waals surface area contributed by atoms with Crippen molar-refractivity contribution in [1.82, 2.24) is 4.90 Å². The van der Waals surface area contributed by atoms with Crippen LogP contribution in [-0.4, -0.2) is 31.1 Å². The first-order chi connectivity index (χ1) is 10.3. The van der Waals surface area contributed by atoms with E-state index in [-0.39, 0.29) is 0 Å². The van der Waals surface area contributed by atoms with E-state index >= 15 is 0 Å². The van der Waals surface area contributed by atoms with Crippen LogP contribution in [0.1, 0.15) is 43.7 Å². The van der Waals surface area contributed by atoms with Gasteiger partial charge in [-0.15, -0.1) is 0 Å². The van der Waals surface area contributed by atoms with Crippen LogP contribution in [0.5, 0.6) is 5.75 Å². The molecule has 0 spiro atoms. The van der Waals surface area contributed by atoms with E-state index in [0.717, 1.165) is 23.9 Å². The van der Waals surface area contributed by atoms with E-state index in [0.29, 0.717) is 6.54 Å². The predicted octanol–water partition coefficient (Wildman–Crippen LogP) is 2.77. The van der Waals surface area contributed by atoms with Gasteiger partial charge in [0.1, 0.15) is 5.75 Å². The fraction of sp³-hybridized carbons (Fsp3) is 0.556. The Bertz CT molecular complexity index is 512. The highest BCUT2D eigenvalue weighted by molar-refractivity contribution is 5.44. The molecule has 1 fully saturated rings. The zero-order valence-electron chi connectivity index (χ0n) is 13.2. The van der Waals surface area contributed by atoms with Crippen molar-refractivity contribution >= 4 is 0 Å². The summed E-state index contributed by atoms with van der Waals surface area (Å²) in [7, 11) is 1.73. The molecule has 2 rings (SSSR count). The van der Waals surface area contributed by atoms with Gasteiger partial charge in [0.2, 0.25) is 0 Å². The molecule has 0 heterocycles. The SMILES string of the molecule is CCCCN(Cc1cc(C#CCN)ccc1OC)C1CC1. The lowest BCUT2D eigenvalue weighted by molar-refractivity contribution is 0.246. The first-order valence-corrected chi connectivity index (χ1v) is 7.88. The first-order valence-electron chi connectivity index (χ1n) is 7.88. The van der Waals surface area contributed by atoms with Gasteiger partial charge in [-0.25, -0.2) is 0 Å². The van der Waals surface area contributed by atoms with Crippen molar-refractivity contribution in [3.05, 3.63) is 29.3 Å². The summed E-state index contributed by atoms with van der Waals surface area (Å²) >= 11 is 0. The molecule has 3 nitrogen and oxygen atoms in total. The minimum absolute atomic E-state index is 0.395. The smallest absolute Gasteiger partial charge is 0.123 e. The minimum atomic E-state index is 0.395. The molecule has 1 aromatic rings. The highest BCUT2D eigenvalue weighted by Gasteiger charge is 2.28. The molecule has 0 aliphatic heterocycles. The third-order valence-corrected chi connectivity index (χ3v) is 3.85. The van der Waals surface area contributed by atoms with E-state index in [4.69, 9.17) is 10.5 Å². The van der Waals surface area contributed by atoms with Crippen LogP contribution in [0.25, 0.3) is 0 Å². The highest BCUT2D eigenvalue weighted by atomic mass is 16.5. The van der Waals surface area contributed by atoms with Crippen LogP contribution in [0.3, 0.4) is 0 Å². The summed E-state index contributed by atoms with van der Waals surface area (Å²) in [6.45, 7) is 4.76. The molecule has 1 aliphatic carbocycles. The molecule has 1 saturated carbocycles. The second kappa shape index (κ2) is 8.07. The fourth-order valence-electron chi connectivity index (χ4n) is 2.54. The van der Waals surface area contributed by atoms with E-state index in [1.807, 2.05) is 12.1 Å². The van der Waals surface area contributed by atoms with E-state index in [1.165, 1.54) is 37.8 Å². The molecule has 1 aliphatic rings. The molecule has 0 bridgehead atoms. The number of benzene rings is 1. The summed E-state index contributed by atoms with van der Waals surface area (Å²) in [5, 5.41) is 0. The largest absolute Gasteiger partial charge is 0.496 e. The molecule has 0 radical (unpaired) electrons. The second-order valence-corrected chi connectivity index (χ2v) is 5.59. The quantitative estimate of drug-likeness (QED) is 0.783. The number of hydrogen-bond donors (Lipinski definition) is 1. The molecule has 0 saturated heterocycles. The first kappa shape index (κ1) is 15.9. The van der Waals surface area contributed by atoms with Gasteiger partial charge in [-0.3, -0.25) is 4.90 Å². The van der Waals surface area contributed by atoms with Gasteiger partial charge in [-0.1, -0.05) is 25.2 Å². The van der Waals surface area contributed by atoms with Gasteiger partial charge in [0.15, 0.2) is 0 Å². The van der Waals surface area contributed by atoms with Gasteiger partial charge in [0.25, 0.3) is 0 Å². The van der Waals surface area contributed by atoms with Gasteiger partial charge in [0, 0.05) is 23.7 Å². The van der Waals surface area contributed by atoms with Crippen LogP contribution in [0.2, 0.25) is 0 Å². The second-order valence-electron chi connectivity index (χ2n) is 5.59.